The van der Waals surface area contributed by atoms with E-state index in [9.17, 15) is 4.79 Å². The molecule has 72 valence electrons. The Bertz CT molecular complexity index is 436. The van der Waals surface area contributed by atoms with Crippen LogP contribution in [0.15, 0.2) is 18.0 Å². The van der Waals surface area contributed by atoms with E-state index in [1.807, 2.05) is 0 Å². The van der Waals surface area contributed by atoms with Gasteiger partial charge in [-0.15, -0.1) is 11.3 Å². The Labute approximate surface area is 82.9 Å². The van der Waals surface area contributed by atoms with Crippen molar-refractivity contribution in [3.05, 3.63) is 28.7 Å². The van der Waals surface area contributed by atoms with Crippen LogP contribution in [-0.4, -0.2) is 30.8 Å². The van der Waals surface area contributed by atoms with Gasteiger partial charge < -0.3 is 5.11 Å². The summed E-state index contributed by atoms with van der Waals surface area (Å²) >= 11 is 1.11. The van der Waals surface area contributed by atoms with Crippen molar-refractivity contribution in [2.24, 2.45) is 0 Å². The maximum Gasteiger partial charge on any atom is 0.365 e. The van der Waals surface area contributed by atoms with E-state index in [0.717, 1.165) is 11.3 Å². The molecule has 1 N–H and O–H groups in total. The van der Waals surface area contributed by atoms with Crippen molar-refractivity contribution in [1.82, 2.24) is 19.7 Å². The molecule has 6 nitrogen and oxygen atoms in total. The van der Waals surface area contributed by atoms with Crippen LogP contribution in [0.25, 0.3) is 0 Å². The number of hydrogen-bond acceptors (Lipinski definition) is 5. The number of nitrogens with zero attached hydrogens (tertiary/aromatic N) is 4. The third kappa shape index (κ3) is 1.77. The van der Waals surface area contributed by atoms with Crippen LogP contribution in [0.2, 0.25) is 0 Å². The highest BCUT2D eigenvalue weighted by molar-refractivity contribution is 7.11. The summed E-state index contributed by atoms with van der Waals surface area (Å²) in [6, 6.07) is 0. The predicted molar refractivity (Wildman–Crippen MR) is 48.2 cm³/mol. The highest BCUT2D eigenvalue weighted by atomic mass is 32.1. The van der Waals surface area contributed by atoms with E-state index < -0.39 is 5.97 Å². The van der Waals surface area contributed by atoms with Gasteiger partial charge in [0.2, 0.25) is 5.01 Å². The van der Waals surface area contributed by atoms with E-state index in [-0.39, 0.29) is 5.01 Å². The lowest BCUT2D eigenvalue weighted by Gasteiger charge is -1.93. The minimum absolute atomic E-state index is 0.0973. The van der Waals surface area contributed by atoms with Gasteiger partial charge in [0, 0.05) is 5.38 Å². The molecule has 2 rings (SSSR count). The normalized spacial score (nSPS) is 10.3. The van der Waals surface area contributed by atoms with E-state index in [1.54, 1.807) is 16.4 Å². The molecule has 0 aliphatic carbocycles. The van der Waals surface area contributed by atoms with Gasteiger partial charge in [0.25, 0.3) is 0 Å². The van der Waals surface area contributed by atoms with Crippen molar-refractivity contribution in [1.29, 1.82) is 0 Å². The Balaban J connectivity index is 2.14. The lowest BCUT2D eigenvalue weighted by atomic mass is 10.5. The Hall–Kier alpha value is -1.76. The van der Waals surface area contributed by atoms with Crippen molar-refractivity contribution in [2.75, 3.05) is 0 Å². The van der Waals surface area contributed by atoms with Gasteiger partial charge in [-0.25, -0.2) is 19.4 Å². The number of carboxylic acids is 1. The van der Waals surface area contributed by atoms with Crippen LogP contribution in [-0.2, 0) is 6.54 Å². The van der Waals surface area contributed by atoms with E-state index in [4.69, 9.17) is 5.11 Å². The standard InChI is InChI=1S/C7H6N4O2S/c12-7(13)6-10-5(2-14-6)1-11-4-8-3-9-11/h2-4H,1H2,(H,12,13). The number of carboxylic acid groups (broad SMARTS) is 1. The highest BCUT2D eigenvalue weighted by Gasteiger charge is 2.08. The maximum atomic E-state index is 10.5. The first-order valence-corrected chi connectivity index (χ1v) is 4.64. The fourth-order valence-electron chi connectivity index (χ4n) is 0.958. The fraction of sp³-hybridized carbons (Fsp3) is 0.143. The van der Waals surface area contributed by atoms with Gasteiger partial charge in [-0.2, -0.15) is 5.10 Å². The van der Waals surface area contributed by atoms with Crippen LogP contribution in [0.5, 0.6) is 0 Å². The van der Waals surface area contributed by atoms with Crippen molar-refractivity contribution in [2.45, 2.75) is 6.54 Å². The van der Waals surface area contributed by atoms with Crippen molar-refractivity contribution in [3.8, 4) is 0 Å². The van der Waals surface area contributed by atoms with Gasteiger partial charge in [0.05, 0.1) is 12.2 Å². The zero-order valence-electron chi connectivity index (χ0n) is 6.99. The molecule has 0 unspecified atom stereocenters. The van der Waals surface area contributed by atoms with Crippen molar-refractivity contribution < 1.29 is 9.90 Å². The minimum Gasteiger partial charge on any atom is -0.476 e. The van der Waals surface area contributed by atoms with Crippen LogP contribution in [0.3, 0.4) is 0 Å². The molecule has 2 heterocycles. The molecular weight excluding hydrogens is 204 g/mol. The van der Waals surface area contributed by atoms with Crippen molar-refractivity contribution in [3.63, 3.8) is 0 Å². The minimum atomic E-state index is -1.00. The molecular formula is C7H6N4O2S. The van der Waals surface area contributed by atoms with E-state index in [2.05, 4.69) is 15.1 Å². The molecule has 0 saturated carbocycles. The molecule has 0 aliphatic rings. The first-order valence-electron chi connectivity index (χ1n) is 3.76. The monoisotopic (exact) mass is 210 g/mol. The van der Waals surface area contributed by atoms with Gasteiger partial charge >= 0.3 is 5.97 Å². The SMILES string of the molecule is O=C(O)c1nc(Cn2cncn2)cs1. The Morgan fingerprint density at radius 3 is 3.07 bits per heavy atom. The Morgan fingerprint density at radius 2 is 2.50 bits per heavy atom. The molecule has 2 aromatic heterocycles. The van der Waals surface area contributed by atoms with E-state index in [0.29, 0.717) is 12.2 Å². The van der Waals surface area contributed by atoms with Crippen LogP contribution >= 0.6 is 11.3 Å². The summed E-state index contributed by atoms with van der Waals surface area (Å²) in [5, 5.41) is 14.3. The van der Waals surface area contributed by atoms with Crippen LogP contribution in [0.1, 0.15) is 15.5 Å². The van der Waals surface area contributed by atoms with Gasteiger partial charge in [-0.05, 0) is 0 Å². The van der Waals surface area contributed by atoms with Crippen molar-refractivity contribution >= 4 is 17.3 Å². The van der Waals surface area contributed by atoms with Gasteiger partial charge in [-0.1, -0.05) is 0 Å². The number of aromatic carboxylic acids is 1. The average molecular weight is 210 g/mol. The van der Waals surface area contributed by atoms with Crippen LogP contribution in [0.4, 0.5) is 0 Å². The molecule has 0 aliphatic heterocycles. The lowest BCUT2D eigenvalue weighted by molar-refractivity contribution is 0.0696. The zero-order valence-corrected chi connectivity index (χ0v) is 7.81. The number of rotatable bonds is 3. The molecule has 14 heavy (non-hydrogen) atoms. The number of thiazole rings is 1. The molecule has 0 amide bonds. The fourth-order valence-corrected chi connectivity index (χ4v) is 1.60. The van der Waals surface area contributed by atoms with Gasteiger partial charge in [-0.3, -0.25) is 0 Å². The van der Waals surface area contributed by atoms with E-state index in [1.165, 1.54) is 6.33 Å². The molecule has 2 aromatic rings. The second kappa shape index (κ2) is 3.54. The molecule has 0 fully saturated rings. The Kier molecular flexibility index (Phi) is 2.23. The maximum absolute atomic E-state index is 10.5. The Morgan fingerprint density at radius 1 is 1.64 bits per heavy atom. The zero-order chi connectivity index (χ0) is 9.97. The third-order valence-electron chi connectivity index (χ3n) is 1.53. The third-order valence-corrected chi connectivity index (χ3v) is 2.40. The highest BCUT2D eigenvalue weighted by Crippen LogP contribution is 2.10. The molecule has 0 bridgehead atoms. The van der Waals surface area contributed by atoms with Crippen LogP contribution < -0.4 is 0 Å². The predicted octanol–water partition coefficient (Wildman–Crippen LogP) is 0.481. The summed E-state index contributed by atoms with van der Waals surface area (Å²) in [5.74, 6) is -1.00. The summed E-state index contributed by atoms with van der Waals surface area (Å²) in [6.07, 6.45) is 2.98. The number of hydrogen-bond donors (Lipinski definition) is 1. The summed E-state index contributed by atoms with van der Waals surface area (Å²) in [5.41, 5.74) is 0.679. The lowest BCUT2D eigenvalue weighted by Crippen LogP contribution is -2.01. The molecule has 0 saturated heterocycles. The molecule has 7 heteroatoms. The molecule has 0 atom stereocenters. The second-order valence-electron chi connectivity index (χ2n) is 2.54. The molecule has 0 aromatic carbocycles. The topological polar surface area (TPSA) is 80.9 Å². The average Bonchev–Trinajstić information content (AvgIpc) is 2.75. The molecule has 0 radical (unpaired) electrons. The first kappa shape index (κ1) is 8.82. The number of aromatic nitrogens is 4. The van der Waals surface area contributed by atoms with E-state index >= 15 is 0 Å². The molecule has 0 spiro atoms. The summed E-state index contributed by atoms with van der Waals surface area (Å²) in [7, 11) is 0. The summed E-state index contributed by atoms with van der Waals surface area (Å²) in [4.78, 5) is 18.2. The smallest absolute Gasteiger partial charge is 0.365 e. The summed E-state index contributed by atoms with van der Waals surface area (Å²) < 4.78 is 1.58. The second-order valence-corrected chi connectivity index (χ2v) is 3.40. The number of carbonyl (C=O) groups is 1. The first-order chi connectivity index (χ1) is 6.75. The van der Waals surface area contributed by atoms with Crippen LogP contribution in [0, 0.1) is 0 Å². The quantitative estimate of drug-likeness (QED) is 0.796. The largest absolute Gasteiger partial charge is 0.476 e. The van der Waals surface area contributed by atoms with Gasteiger partial charge in [0.15, 0.2) is 0 Å². The van der Waals surface area contributed by atoms with Gasteiger partial charge in [0.1, 0.15) is 12.7 Å². The summed E-state index contributed by atoms with van der Waals surface area (Å²) in [6.45, 7) is 0.448.